The van der Waals surface area contributed by atoms with Crippen molar-refractivity contribution in [3.05, 3.63) is 34.8 Å². The molecule has 1 aliphatic rings. The number of nitrogens with zero attached hydrogens (tertiary/aromatic N) is 2. The van der Waals surface area contributed by atoms with Crippen LogP contribution in [0.3, 0.4) is 0 Å². The van der Waals surface area contributed by atoms with Crippen LogP contribution in [0.2, 0.25) is 0 Å². The zero-order valence-electron chi connectivity index (χ0n) is 11.2. The molecule has 0 aromatic carbocycles. The molecule has 100 valence electrons. The molecule has 0 amide bonds. The largest absolute Gasteiger partial charge is 0.390 e. The first kappa shape index (κ1) is 12.6. The summed E-state index contributed by atoms with van der Waals surface area (Å²) >= 11 is 1.74. The average molecular weight is 273 g/mol. The molecule has 2 aromatic heterocycles. The smallest absolute Gasteiger partial charge is 0.0958 e. The van der Waals surface area contributed by atoms with E-state index in [-0.39, 0.29) is 0 Å². The van der Waals surface area contributed by atoms with Crippen molar-refractivity contribution in [2.45, 2.75) is 26.3 Å². The molecule has 4 heteroatoms. The third-order valence-electron chi connectivity index (χ3n) is 3.62. The van der Waals surface area contributed by atoms with E-state index >= 15 is 0 Å². The van der Waals surface area contributed by atoms with Crippen LogP contribution in [0.25, 0.3) is 11.3 Å². The van der Waals surface area contributed by atoms with E-state index in [0.29, 0.717) is 0 Å². The second-order valence-electron chi connectivity index (χ2n) is 4.98. The van der Waals surface area contributed by atoms with Gasteiger partial charge in [-0.1, -0.05) is 13.0 Å². The van der Waals surface area contributed by atoms with Crippen molar-refractivity contribution in [3.8, 4) is 11.3 Å². The lowest BCUT2D eigenvalue weighted by atomic mass is 10.0. The highest BCUT2D eigenvalue weighted by molar-refractivity contribution is 7.16. The van der Waals surface area contributed by atoms with Gasteiger partial charge in [0, 0.05) is 29.7 Å². The summed E-state index contributed by atoms with van der Waals surface area (Å²) in [5.41, 5.74) is 9.85. The minimum Gasteiger partial charge on any atom is -0.390 e. The van der Waals surface area contributed by atoms with Crippen LogP contribution in [0, 0.1) is 0 Å². The quantitative estimate of drug-likeness (QED) is 0.934. The summed E-state index contributed by atoms with van der Waals surface area (Å²) in [5.74, 6) is 0. The standard InChI is InChI=1S/C15H19N3S/c1-2-8-18-9-6-11-13(10-18)19-15(16)14(11)12-5-3-4-7-17-12/h3-5,7H,2,6,8-10,16H2,1H3. The number of nitrogen functional groups attached to an aromatic ring is 1. The van der Waals surface area contributed by atoms with Crippen molar-refractivity contribution in [1.29, 1.82) is 0 Å². The maximum absolute atomic E-state index is 6.23. The fourth-order valence-electron chi connectivity index (χ4n) is 2.78. The van der Waals surface area contributed by atoms with Crippen LogP contribution in [0.1, 0.15) is 23.8 Å². The van der Waals surface area contributed by atoms with Gasteiger partial charge in [-0.2, -0.15) is 0 Å². The van der Waals surface area contributed by atoms with Crippen LogP contribution in [0.4, 0.5) is 5.00 Å². The van der Waals surface area contributed by atoms with Gasteiger partial charge in [0.2, 0.25) is 0 Å². The highest BCUT2D eigenvalue weighted by atomic mass is 32.1. The molecule has 19 heavy (non-hydrogen) atoms. The molecule has 0 aliphatic carbocycles. The van der Waals surface area contributed by atoms with E-state index in [1.807, 2.05) is 18.3 Å². The van der Waals surface area contributed by atoms with E-state index in [4.69, 9.17) is 5.73 Å². The van der Waals surface area contributed by atoms with Gasteiger partial charge in [-0.15, -0.1) is 11.3 Å². The van der Waals surface area contributed by atoms with Crippen LogP contribution in [-0.4, -0.2) is 23.0 Å². The fraction of sp³-hybridized carbons (Fsp3) is 0.400. The van der Waals surface area contributed by atoms with Crippen molar-refractivity contribution in [3.63, 3.8) is 0 Å². The Morgan fingerprint density at radius 1 is 1.42 bits per heavy atom. The maximum Gasteiger partial charge on any atom is 0.0958 e. The number of hydrogen-bond donors (Lipinski definition) is 1. The Hall–Kier alpha value is -1.39. The van der Waals surface area contributed by atoms with E-state index in [9.17, 15) is 0 Å². The molecule has 0 radical (unpaired) electrons. The van der Waals surface area contributed by atoms with Crippen molar-refractivity contribution in [1.82, 2.24) is 9.88 Å². The van der Waals surface area contributed by atoms with Gasteiger partial charge < -0.3 is 5.73 Å². The topological polar surface area (TPSA) is 42.1 Å². The fourth-order valence-corrected chi connectivity index (χ4v) is 3.95. The number of thiophene rings is 1. The zero-order valence-corrected chi connectivity index (χ0v) is 12.0. The molecule has 0 fully saturated rings. The van der Waals surface area contributed by atoms with Crippen molar-refractivity contribution >= 4 is 16.3 Å². The number of aromatic nitrogens is 1. The molecular formula is C15H19N3S. The first-order valence-corrected chi connectivity index (χ1v) is 7.65. The molecule has 3 nitrogen and oxygen atoms in total. The molecule has 0 bridgehead atoms. The summed E-state index contributed by atoms with van der Waals surface area (Å²) < 4.78 is 0. The Kier molecular flexibility index (Phi) is 3.53. The number of fused-ring (bicyclic) bond motifs is 1. The third kappa shape index (κ3) is 2.38. The number of anilines is 1. The maximum atomic E-state index is 6.23. The van der Waals surface area contributed by atoms with Gasteiger partial charge in [0.05, 0.1) is 10.7 Å². The molecule has 3 rings (SSSR count). The number of nitrogens with two attached hydrogens (primary N) is 1. The molecule has 3 heterocycles. The van der Waals surface area contributed by atoms with Gasteiger partial charge >= 0.3 is 0 Å². The lowest BCUT2D eigenvalue weighted by Crippen LogP contribution is -2.30. The minimum atomic E-state index is 0.919. The predicted molar refractivity (Wildman–Crippen MR) is 81.2 cm³/mol. The summed E-state index contributed by atoms with van der Waals surface area (Å²) in [7, 11) is 0. The highest BCUT2D eigenvalue weighted by Gasteiger charge is 2.24. The minimum absolute atomic E-state index is 0.919. The number of pyridine rings is 1. The second-order valence-corrected chi connectivity index (χ2v) is 6.12. The predicted octanol–water partition coefficient (Wildman–Crippen LogP) is 3.16. The first-order chi connectivity index (χ1) is 9.29. The number of hydrogen-bond acceptors (Lipinski definition) is 4. The lowest BCUT2D eigenvalue weighted by molar-refractivity contribution is 0.258. The summed E-state index contributed by atoms with van der Waals surface area (Å²) in [6.45, 7) is 5.59. The molecule has 0 saturated heterocycles. The van der Waals surface area contributed by atoms with Crippen molar-refractivity contribution < 1.29 is 0 Å². The number of rotatable bonds is 3. The summed E-state index contributed by atoms with van der Waals surface area (Å²) in [5, 5.41) is 0.919. The summed E-state index contributed by atoms with van der Waals surface area (Å²) in [6.07, 6.45) is 4.14. The van der Waals surface area contributed by atoms with Crippen LogP contribution in [0.5, 0.6) is 0 Å². The van der Waals surface area contributed by atoms with E-state index < -0.39 is 0 Å². The molecule has 1 aliphatic heterocycles. The molecule has 0 unspecified atom stereocenters. The molecular weight excluding hydrogens is 254 g/mol. The lowest BCUT2D eigenvalue weighted by Gasteiger charge is -2.26. The average Bonchev–Trinajstić information content (AvgIpc) is 2.75. The van der Waals surface area contributed by atoms with Gasteiger partial charge in [-0.3, -0.25) is 9.88 Å². The Morgan fingerprint density at radius 3 is 3.05 bits per heavy atom. The highest BCUT2D eigenvalue weighted by Crippen LogP contribution is 2.40. The second kappa shape index (κ2) is 5.31. The summed E-state index contributed by atoms with van der Waals surface area (Å²) in [6, 6.07) is 6.02. The molecule has 0 spiro atoms. The van der Waals surface area contributed by atoms with Gasteiger partial charge in [0.1, 0.15) is 0 Å². The van der Waals surface area contributed by atoms with Crippen molar-refractivity contribution in [2.24, 2.45) is 0 Å². The van der Waals surface area contributed by atoms with Crippen molar-refractivity contribution in [2.75, 3.05) is 18.8 Å². The first-order valence-electron chi connectivity index (χ1n) is 6.83. The summed E-state index contributed by atoms with van der Waals surface area (Å²) in [4.78, 5) is 8.40. The molecule has 0 atom stereocenters. The normalized spacial score (nSPS) is 15.4. The SMILES string of the molecule is CCCN1CCc2c(sc(N)c2-c2ccccn2)C1. The Morgan fingerprint density at radius 2 is 2.32 bits per heavy atom. The van der Waals surface area contributed by atoms with E-state index in [2.05, 4.69) is 22.9 Å². The van der Waals surface area contributed by atoms with Crippen LogP contribution >= 0.6 is 11.3 Å². The van der Waals surface area contributed by atoms with E-state index in [1.165, 1.54) is 29.0 Å². The Labute approximate surface area is 118 Å². The molecule has 2 aromatic rings. The molecule has 0 saturated carbocycles. The van der Waals surface area contributed by atoms with Crippen LogP contribution in [0.15, 0.2) is 24.4 Å². The Bertz CT molecular complexity index is 562. The van der Waals surface area contributed by atoms with E-state index in [0.717, 1.165) is 30.2 Å². The monoisotopic (exact) mass is 273 g/mol. The van der Waals surface area contributed by atoms with Gasteiger partial charge in [0.15, 0.2) is 0 Å². The van der Waals surface area contributed by atoms with Gasteiger partial charge in [0.25, 0.3) is 0 Å². The van der Waals surface area contributed by atoms with Crippen LogP contribution < -0.4 is 5.73 Å². The molecule has 2 N–H and O–H groups in total. The van der Waals surface area contributed by atoms with Gasteiger partial charge in [-0.05, 0) is 37.1 Å². The third-order valence-corrected chi connectivity index (χ3v) is 4.67. The van der Waals surface area contributed by atoms with Crippen LogP contribution in [-0.2, 0) is 13.0 Å². The van der Waals surface area contributed by atoms with Gasteiger partial charge in [-0.25, -0.2) is 0 Å². The Balaban J connectivity index is 1.97. The zero-order chi connectivity index (χ0) is 13.2. The van der Waals surface area contributed by atoms with E-state index in [1.54, 1.807) is 11.3 Å².